The van der Waals surface area contributed by atoms with E-state index >= 15 is 0 Å². The summed E-state index contributed by atoms with van der Waals surface area (Å²) < 4.78 is 0. The van der Waals surface area contributed by atoms with Crippen LogP contribution in [-0.2, 0) is 4.99 Å². The predicted octanol–water partition coefficient (Wildman–Crippen LogP) is 2.17. The largest absolute Gasteiger partial charge is 0.398 e. The summed E-state index contributed by atoms with van der Waals surface area (Å²) in [7, 11) is 0. The van der Waals surface area contributed by atoms with Crippen LogP contribution in [0.4, 0.5) is 17.1 Å². The first kappa shape index (κ1) is 9.80. The fourth-order valence-corrected chi connectivity index (χ4v) is 1.89. The van der Waals surface area contributed by atoms with E-state index in [4.69, 9.17) is 21.3 Å². The predicted molar refractivity (Wildman–Crippen MR) is 66.0 cm³/mol. The quantitative estimate of drug-likeness (QED) is 0.515. The molecule has 0 atom stereocenters. The second-order valence-electron chi connectivity index (χ2n) is 3.76. The van der Waals surface area contributed by atoms with Crippen molar-refractivity contribution in [3.05, 3.63) is 36.4 Å². The fraction of sp³-hybridized carbons (Fsp3) is 0. The molecule has 86 valence electrons. The summed E-state index contributed by atoms with van der Waals surface area (Å²) in [6, 6.07) is 11.0. The van der Waals surface area contributed by atoms with Crippen molar-refractivity contribution in [1.82, 2.24) is 0 Å². The Balaban J connectivity index is 2.28. The number of hydrogen-bond acceptors (Lipinski definition) is 5. The van der Waals surface area contributed by atoms with Gasteiger partial charge in [0.1, 0.15) is 5.69 Å². The van der Waals surface area contributed by atoms with Crippen molar-refractivity contribution in [1.29, 1.82) is 0 Å². The molecule has 0 amide bonds. The molecule has 0 spiro atoms. The molecule has 1 heterocycles. The second kappa shape index (κ2) is 3.57. The molecular weight excluding hydrogens is 218 g/mol. The molecule has 1 aliphatic rings. The number of para-hydroxylation sites is 1. The molecule has 1 aliphatic heterocycles. The van der Waals surface area contributed by atoms with Crippen LogP contribution in [0.1, 0.15) is 0 Å². The van der Waals surface area contributed by atoms with E-state index in [1.54, 1.807) is 12.1 Å². The normalized spacial score (nSPS) is 12.7. The Bertz CT molecular complexity index is 584. The highest BCUT2D eigenvalue weighted by Gasteiger charge is 2.21. The summed E-state index contributed by atoms with van der Waals surface area (Å²) in [5.74, 6) is 0.595. The Morgan fingerprint density at radius 1 is 0.941 bits per heavy atom. The molecule has 0 radical (unpaired) electrons. The van der Waals surface area contributed by atoms with Crippen molar-refractivity contribution in [3.63, 3.8) is 0 Å². The van der Waals surface area contributed by atoms with Gasteiger partial charge < -0.3 is 16.4 Å². The van der Waals surface area contributed by atoms with Gasteiger partial charge in [-0.2, -0.15) is 0 Å². The molecule has 0 fully saturated rings. The number of nitrogens with two attached hydrogens (primary N) is 2. The van der Waals surface area contributed by atoms with Gasteiger partial charge in [-0.15, -0.1) is 0 Å². The van der Waals surface area contributed by atoms with Gasteiger partial charge in [0.25, 0.3) is 0 Å². The second-order valence-corrected chi connectivity index (χ2v) is 3.76. The molecule has 5 N–H and O–H groups in total. The van der Waals surface area contributed by atoms with E-state index in [9.17, 15) is 0 Å². The lowest BCUT2D eigenvalue weighted by molar-refractivity contribution is -0.160. The summed E-state index contributed by atoms with van der Waals surface area (Å²) in [4.78, 5) is 9.67. The summed E-state index contributed by atoms with van der Waals surface area (Å²) in [6.45, 7) is 0. The highest BCUT2D eigenvalue weighted by Crippen LogP contribution is 2.44. The van der Waals surface area contributed by atoms with Gasteiger partial charge in [0.05, 0.1) is 0 Å². The van der Waals surface area contributed by atoms with Gasteiger partial charge in [-0.1, -0.05) is 23.2 Å². The molecule has 0 bridgehead atoms. The molecule has 0 saturated carbocycles. The van der Waals surface area contributed by atoms with Crippen LogP contribution in [0.25, 0.3) is 11.1 Å². The zero-order valence-electron chi connectivity index (χ0n) is 8.94. The Morgan fingerprint density at radius 3 is 2.59 bits per heavy atom. The van der Waals surface area contributed by atoms with Crippen LogP contribution < -0.4 is 21.8 Å². The molecular formula is C12H11N3O2. The number of hydrogen-bond donors (Lipinski definition) is 3. The lowest BCUT2D eigenvalue weighted by atomic mass is 9.99. The number of nitrogens with one attached hydrogen (secondary N) is 1. The third-order valence-corrected chi connectivity index (χ3v) is 2.70. The first-order chi connectivity index (χ1) is 8.27. The maximum atomic E-state index is 5.99. The zero-order chi connectivity index (χ0) is 11.8. The number of benzene rings is 2. The standard InChI is InChI=1S/C12H11N3O2/c13-8-4-2-1-3-7(8)11-9(14)5-6-10-12(11)15-17-16-10/h1-6,15H,13-14H2. The molecule has 5 heteroatoms. The van der Waals surface area contributed by atoms with Crippen molar-refractivity contribution in [2.45, 2.75) is 0 Å². The van der Waals surface area contributed by atoms with Gasteiger partial charge in [-0.25, -0.2) is 5.48 Å². The number of nitrogen functional groups attached to an aromatic ring is 2. The third-order valence-electron chi connectivity index (χ3n) is 2.70. The minimum absolute atomic E-state index is 0.595. The maximum absolute atomic E-state index is 5.99. The van der Waals surface area contributed by atoms with Crippen molar-refractivity contribution < 1.29 is 9.88 Å². The van der Waals surface area contributed by atoms with Gasteiger partial charge in [-0.3, -0.25) is 0 Å². The first-order valence-electron chi connectivity index (χ1n) is 5.14. The first-order valence-corrected chi connectivity index (χ1v) is 5.14. The van der Waals surface area contributed by atoms with E-state index in [1.165, 1.54) is 0 Å². The summed E-state index contributed by atoms with van der Waals surface area (Å²) in [5.41, 5.74) is 18.2. The molecule has 3 rings (SSSR count). The number of anilines is 3. The Morgan fingerprint density at radius 2 is 1.76 bits per heavy atom. The van der Waals surface area contributed by atoms with Gasteiger partial charge in [0, 0.05) is 22.5 Å². The molecule has 17 heavy (non-hydrogen) atoms. The summed E-state index contributed by atoms with van der Waals surface area (Å²) >= 11 is 0. The van der Waals surface area contributed by atoms with Crippen LogP contribution >= 0.6 is 0 Å². The van der Waals surface area contributed by atoms with Gasteiger partial charge in [0.2, 0.25) is 0 Å². The molecule has 2 aromatic rings. The van der Waals surface area contributed by atoms with Crippen LogP contribution in [0.2, 0.25) is 0 Å². The molecule has 0 unspecified atom stereocenters. The smallest absolute Gasteiger partial charge is 0.194 e. The van der Waals surface area contributed by atoms with Crippen LogP contribution in [0.5, 0.6) is 5.75 Å². The number of fused-ring (bicyclic) bond motifs is 1. The average Bonchev–Trinajstić information content (AvgIpc) is 2.79. The lowest BCUT2D eigenvalue weighted by Crippen LogP contribution is -1.98. The van der Waals surface area contributed by atoms with Crippen LogP contribution in [0, 0.1) is 0 Å². The van der Waals surface area contributed by atoms with E-state index in [2.05, 4.69) is 5.48 Å². The van der Waals surface area contributed by atoms with Gasteiger partial charge in [0.15, 0.2) is 5.75 Å². The molecule has 0 aromatic heterocycles. The Kier molecular flexibility index (Phi) is 2.06. The van der Waals surface area contributed by atoms with Crippen molar-refractivity contribution in [2.75, 3.05) is 16.9 Å². The topological polar surface area (TPSA) is 82.5 Å². The van der Waals surface area contributed by atoms with Crippen molar-refractivity contribution in [3.8, 4) is 16.9 Å². The van der Waals surface area contributed by atoms with E-state index < -0.39 is 0 Å². The fourth-order valence-electron chi connectivity index (χ4n) is 1.89. The van der Waals surface area contributed by atoms with Crippen LogP contribution in [-0.4, -0.2) is 0 Å². The maximum Gasteiger partial charge on any atom is 0.194 e. The summed E-state index contributed by atoms with van der Waals surface area (Å²) in [5, 5.41) is 0. The summed E-state index contributed by atoms with van der Waals surface area (Å²) in [6.07, 6.45) is 0. The van der Waals surface area contributed by atoms with E-state index in [0.29, 0.717) is 22.8 Å². The molecule has 0 aliphatic carbocycles. The van der Waals surface area contributed by atoms with Crippen LogP contribution in [0.3, 0.4) is 0 Å². The van der Waals surface area contributed by atoms with Gasteiger partial charge >= 0.3 is 0 Å². The monoisotopic (exact) mass is 229 g/mol. The highest BCUT2D eigenvalue weighted by molar-refractivity contribution is 5.95. The van der Waals surface area contributed by atoms with E-state index in [-0.39, 0.29) is 0 Å². The average molecular weight is 229 g/mol. The molecule has 2 aromatic carbocycles. The molecule has 5 nitrogen and oxygen atoms in total. The molecule has 0 saturated heterocycles. The van der Waals surface area contributed by atoms with Crippen molar-refractivity contribution >= 4 is 17.1 Å². The van der Waals surface area contributed by atoms with Crippen molar-refractivity contribution in [2.24, 2.45) is 0 Å². The minimum atomic E-state index is 0.595. The lowest BCUT2D eigenvalue weighted by Gasteiger charge is -2.11. The SMILES string of the molecule is Nc1ccccc1-c1c(N)ccc2c1NOO2. The van der Waals surface area contributed by atoms with Gasteiger partial charge in [-0.05, 0) is 18.2 Å². The van der Waals surface area contributed by atoms with Crippen LogP contribution in [0.15, 0.2) is 36.4 Å². The van der Waals surface area contributed by atoms with E-state index in [1.807, 2.05) is 24.3 Å². The Labute approximate surface area is 97.8 Å². The number of rotatable bonds is 1. The Hall–Kier alpha value is -2.40. The van der Waals surface area contributed by atoms with E-state index in [0.717, 1.165) is 11.1 Å². The zero-order valence-corrected chi connectivity index (χ0v) is 8.94. The minimum Gasteiger partial charge on any atom is -0.398 e. The third kappa shape index (κ3) is 1.44. The highest BCUT2D eigenvalue weighted by atomic mass is 17.3.